The quantitative estimate of drug-likeness (QED) is 0.460. The SMILES string of the molecule is CN(C/C=C(\I)C#CC(C)(C)C)Cc1cccc2ccccc12. The Kier molecular flexibility index (Phi) is 6.26. The van der Waals surface area contributed by atoms with Gasteiger partial charge >= 0.3 is 0 Å². The molecule has 0 amide bonds. The third-order valence-corrected chi connectivity index (χ3v) is 4.17. The van der Waals surface area contributed by atoms with Crippen LogP contribution in [0.4, 0.5) is 0 Å². The molecule has 0 aliphatic carbocycles. The van der Waals surface area contributed by atoms with Crippen LogP contribution >= 0.6 is 22.6 Å². The van der Waals surface area contributed by atoms with Gasteiger partial charge in [0.25, 0.3) is 0 Å². The highest BCUT2D eigenvalue weighted by Crippen LogP contribution is 2.19. The van der Waals surface area contributed by atoms with Gasteiger partial charge in [0.2, 0.25) is 0 Å². The molecule has 0 atom stereocenters. The predicted molar refractivity (Wildman–Crippen MR) is 110 cm³/mol. The summed E-state index contributed by atoms with van der Waals surface area (Å²) in [4.78, 5) is 2.32. The first-order valence-electron chi connectivity index (χ1n) is 7.89. The molecule has 0 unspecified atom stereocenters. The van der Waals surface area contributed by atoms with Gasteiger partial charge in [0.1, 0.15) is 0 Å². The van der Waals surface area contributed by atoms with Crippen molar-refractivity contribution in [1.29, 1.82) is 0 Å². The molecule has 2 aromatic carbocycles. The lowest BCUT2D eigenvalue weighted by Crippen LogP contribution is -2.18. The number of benzene rings is 2. The molecule has 2 rings (SSSR count). The van der Waals surface area contributed by atoms with Crippen molar-refractivity contribution in [3.05, 3.63) is 57.7 Å². The molecule has 0 spiro atoms. The molecule has 1 nitrogen and oxygen atoms in total. The summed E-state index contributed by atoms with van der Waals surface area (Å²) >= 11 is 2.32. The highest BCUT2D eigenvalue weighted by Gasteiger charge is 2.05. The minimum atomic E-state index is 0.0547. The second-order valence-electron chi connectivity index (χ2n) is 6.89. The summed E-state index contributed by atoms with van der Waals surface area (Å²) in [6.45, 7) is 8.25. The largest absolute Gasteiger partial charge is 0.298 e. The lowest BCUT2D eigenvalue weighted by molar-refractivity contribution is 0.365. The van der Waals surface area contributed by atoms with Crippen LogP contribution < -0.4 is 0 Å². The molecule has 2 heteroatoms. The third kappa shape index (κ3) is 6.01. The van der Waals surface area contributed by atoms with Crippen LogP contribution in [0.1, 0.15) is 26.3 Å². The number of halogens is 1. The first kappa shape index (κ1) is 18.0. The summed E-state index contributed by atoms with van der Waals surface area (Å²) in [6, 6.07) is 15.1. The molecule has 0 fully saturated rings. The van der Waals surface area contributed by atoms with Gasteiger partial charge in [0.05, 0.1) is 3.58 Å². The van der Waals surface area contributed by atoms with Crippen LogP contribution in [-0.2, 0) is 6.54 Å². The summed E-state index contributed by atoms with van der Waals surface area (Å²) < 4.78 is 1.11. The van der Waals surface area contributed by atoms with E-state index in [1.165, 1.54) is 16.3 Å². The lowest BCUT2D eigenvalue weighted by atomic mass is 9.98. The van der Waals surface area contributed by atoms with Gasteiger partial charge in [-0.05, 0) is 72.8 Å². The van der Waals surface area contributed by atoms with E-state index in [0.717, 1.165) is 16.7 Å². The molecule has 0 aliphatic rings. The maximum atomic E-state index is 3.27. The summed E-state index contributed by atoms with van der Waals surface area (Å²) in [6.07, 6.45) is 2.20. The van der Waals surface area contributed by atoms with E-state index in [0.29, 0.717) is 0 Å². The maximum Gasteiger partial charge on any atom is 0.0602 e. The van der Waals surface area contributed by atoms with E-state index in [-0.39, 0.29) is 5.41 Å². The van der Waals surface area contributed by atoms with Crippen LogP contribution in [-0.4, -0.2) is 18.5 Å². The van der Waals surface area contributed by atoms with Crippen molar-refractivity contribution in [2.75, 3.05) is 13.6 Å². The lowest BCUT2D eigenvalue weighted by Gasteiger charge is -2.16. The number of likely N-dealkylation sites (N-methyl/N-ethyl adjacent to an activating group) is 1. The van der Waals surface area contributed by atoms with Gasteiger partial charge < -0.3 is 0 Å². The van der Waals surface area contributed by atoms with Crippen LogP contribution in [0.2, 0.25) is 0 Å². The normalized spacial score (nSPS) is 12.3. The standard InChI is InChI=1S/C21H24IN/c1-21(2,3)14-12-19(22)13-15-23(4)16-18-10-7-9-17-8-5-6-11-20(17)18/h5-11,13H,15-16H2,1-4H3/b19-13-. The molecule has 0 heterocycles. The first-order chi connectivity index (χ1) is 10.8. The molecule has 0 aromatic heterocycles. The Morgan fingerprint density at radius 1 is 1.13 bits per heavy atom. The summed E-state index contributed by atoms with van der Waals surface area (Å²) in [5.41, 5.74) is 1.42. The monoisotopic (exact) mass is 417 g/mol. The minimum absolute atomic E-state index is 0.0547. The smallest absolute Gasteiger partial charge is 0.0602 e. The molecule has 0 saturated heterocycles. The Morgan fingerprint density at radius 2 is 1.83 bits per heavy atom. The van der Waals surface area contributed by atoms with Gasteiger partial charge in [0, 0.05) is 18.5 Å². The Hall–Kier alpha value is -1.31. The average molecular weight is 417 g/mol. The second-order valence-corrected chi connectivity index (χ2v) is 8.05. The van der Waals surface area contributed by atoms with Crippen LogP contribution in [0, 0.1) is 17.3 Å². The van der Waals surface area contributed by atoms with Crippen molar-refractivity contribution in [1.82, 2.24) is 4.90 Å². The van der Waals surface area contributed by atoms with E-state index in [1.807, 2.05) is 0 Å². The first-order valence-corrected chi connectivity index (χ1v) is 8.97. The zero-order chi connectivity index (χ0) is 16.9. The van der Waals surface area contributed by atoms with E-state index in [2.05, 4.69) is 116 Å². The molecular formula is C21H24IN. The van der Waals surface area contributed by atoms with Crippen LogP contribution in [0.15, 0.2) is 52.1 Å². The van der Waals surface area contributed by atoms with Gasteiger partial charge in [-0.25, -0.2) is 0 Å². The van der Waals surface area contributed by atoms with Gasteiger partial charge in [-0.15, -0.1) is 0 Å². The fourth-order valence-electron chi connectivity index (χ4n) is 2.32. The number of rotatable bonds is 4. The highest BCUT2D eigenvalue weighted by molar-refractivity contribution is 14.1. The molecule has 0 N–H and O–H groups in total. The average Bonchev–Trinajstić information content (AvgIpc) is 2.50. The fourth-order valence-corrected chi connectivity index (χ4v) is 2.65. The van der Waals surface area contributed by atoms with Gasteiger partial charge in [-0.3, -0.25) is 4.90 Å². The van der Waals surface area contributed by atoms with E-state index in [4.69, 9.17) is 0 Å². The highest BCUT2D eigenvalue weighted by atomic mass is 127. The van der Waals surface area contributed by atoms with Crippen molar-refractivity contribution in [2.45, 2.75) is 27.3 Å². The fraction of sp³-hybridized carbons (Fsp3) is 0.333. The van der Waals surface area contributed by atoms with Crippen molar-refractivity contribution in [3.8, 4) is 11.8 Å². The van der Waals surface area contributed by atoms with Crippen molar-refractivity contribution in [3.63, 3.8) is 0 Å². The zero-order valence-electron chi connectivity index (χ0n) is 14.4. The van der Waals surface area contributed by atoms with E-state index < -0.39 is 0 Å². The Balaban J connectivity index is 2.04. The number of fused-ring (bicyclic) bond motifs is 1. The Labute approximate surface area is 153 Å². The number of allylic oxidation sites excluding steroid dienone is 1. The molecule has 2 aromatic rings. The number of nitrogens with zero attached hydrogens (tertiary/aromatic N) is 1. The Bertz CT molecular complexity index is 751. The summed E-state index contributed by atoms with van der Waals surface area (Å²) in [5.74, 6) is 6.52. The van der Waals surface area contributed by atoms with Crippen molar-refractivity contribution < 1.29 is 0 Å². The van der Waals surface area contributed by atoms with E-state index >= 15 is 0 Å². The van der Waals surface area contributed by atoms with Gasteiger partial charge in [0.15, 0.2) is 0 Å². The number of hydrogen-bond acceptors (Lipinski definition) is 1. The van der Waals surface area contributed by atoms with Gasteiger partial charge in [-0.1, -0.05) is 54.3 Å². The Morgan fingerprint density at radius 3 is 2.57 bits per heavy atom. The third-order valence-electron chi connectivity index (χ3n) is 3.46. The van der Waals surface area contributed by atoms with Gasteiger partial charge in [-0.2, -0.15) is 0 Å². The molecule has 0 radical (unpaired) electrons. The molecule has 120 valence electrons. The maximum absolute atomic E-state index is 3.27. The molecule has 0 saturated carbocycles. The van der Waals surface area contributed by atoms with E-state index in [9.17, 15) is 0 Å². The van der Waals surface area contributed by atoms with Crippen molar-refractivity contribution >= 4 is 33.4 Å². The topological polar surface area (TPSA) is 3.24 Å². The van der Waals surface area contributed by atoms with E-state index in [1.54, 1.807) is 0 Å². The van der Waals surface area contributed by atoms with Crippen LogP contribution in [0.3, 0.4) is 0 Å². The van der Waals surface area contributed by atoms with Crippen LogP contribution in [0.25, 0.3) is 10.8 Å². The molecular weight excluding hydrogens is 393 g/mol. The summed E-state index contributed by atoms with van der Waals surface area (Å²) in [7, 11) is 2.15. The number of hydrogen-bond donors (Lipinski definition) is 0. The minimum Gasteiger partial charge on any atom is -0.298 e. The molecule has 0 aliphatic heterocycles. The molecule has 0 bridgehead atoms. The van der Waals surface area contributed by atoms with Crippen molar-refractivity contribution in [2.24, 2.45) is 5.41 Å². The summed E-state index contributed by atoms with van der Waals surface area (Å²) in [5, 5.41) is 2.65. The second kappa shape index (κ2) is 7.99. The zero-order valence-corrected chi connectivity index (χ0v) is 16.5. The predicted octanol–water partition coefficient (Wildman–Crippen LogP) is 5.64. The van der Waals surface area contributed by atoms with Crippen LogP contribution in [0.5, 0.6) is 0 Å². The molecule has 23 heavy (non-hydrogen) atoms.